The molecule has 3 aromatic carbocycles. The van der Waals surface area contributed by atoms with Crippen molar-refractivity contribution in [1.82, 2.24) is 30.1 Å². The number of aromatic nitrogens is 4. The Kier molecular flexibility index (Phi) is 7.79. The molecule has 5 rings (SSSR count). The van der Waals surface area contributed by atoms with E-state index in [0.717, 1.165) is 33.3 Å². The van der Waals surface area contributed by atoms with Crippen molar-refractivity contribution in [3.8, 4) is 0 Å². The highest BCUT2D eigenvalue weighted by Crippen LogP contribution is 2.17. The zero-order valence-corrected chi connectivity index (χ0v) is 22.0. The maximum Gasteiger partial charge on any atom is 0.295 e. The van der Waals surface area contributed by atoms with E-state index in [1.165, 1.54) is 4.57 Å². The molecule has 0 saturated heterocycles. The molecule has 0 unspecified atom stereocenters. The Morgan fingerprint density at radius 2 is 1.59 bits per heavy atom. The summed E-state index contributed by atoms with van der Waals surface area (Å²) in [4.78, 5) is 30.6. The molecule has 3 N–H and O–H groups in total. The summed E-state index contributed by atoms with van der Waals surface area (Å²) in [6, 6.07) is 25.9. The number of hydrogen-bond acceptors (Lipinski definition) is 6. The van der Waals surface area contributed by atoms with Crippen molar-refractivity contribution in [3.05, 3.63) is 123 Å². The molecule has 0 aliphatic rings. The molecule has 0 spiro atoms. The minimum absolute atomic E-state index is 0.108. The molecule has 0 atom stereocenters. The first-order chi connectivity index (χ1) is 19.0. The van der Waals surface area contributed by atoms with Crippen molar-refractivity contribution in [1.29, 1.82) is 0 Å². The van der Waals surface area contributed by atoms with Crippen LogP contribution in [0.15, 0.2) is 89.9 Å². The quantitative estimate of drug-likeness (QED) is 0.239. The van der Waals surface area contributed by atoms with Crippen LogP contribution in [0.4, 0.5) is 5.82 Å². The van der Waals surface area contributed by atoms with Crippen LogP contribution in [0.3, 0.4) is 0 Å². The Bertz CT molecular complexity index is 1590. The van der Waals surface area contributed by atoms with E-state index in [4.69, 9.17) is 0 Å². The average molecular weight is 522 g/mol. The van der Waals surface area contributed by atoms with Crippen molar-refractivity contribution in [2.75, 3.05) is 5.43 Å². The van der Waals surface area contributed by atoms with E-state index in [9.17, 15) is 9.59 Å². The van der Waals surface area contributed by atoms with Gasteiger partial charge in [-0.2, -0.15) is 5.10 Å². The SMILES string of the molecule is Cc1[nH]nc2cc(CNC(=O)Cn3c(C)cnc(NN(Cc4ccccc4)Cc4ccccc4)c3=O)ccc12. The molecule has 0 bridgehead atoms. The number of carbonyl (C=O) groups excluding carboxylic acids is 1. The predicted molar refractivity (Wildman–Crippen MR) is 152 cm³/mol. The lowest BCUT2D eigenvalue weighted by Gasteiger charge is -2.24. The van der Waals surface area contributed by atoms with Gasteiger partial charge in [0.1, 0.15) is 6.54 Å². The van der Waals surface area contributed by atoms with Crippen molar-refractivity contribution in [3.63, 3.8) is 0 Å². The Morgan fingerprint density at radius 1 is 0.923 bits per heavy atom. The number of carbonyl (C=O) groups is 1. The smallest absolute Gasteiger partial charge is 0.295 e. The second kappa shape index (κ2) is 11.7. The van der Waals surface area contributed by atoms with Crippen LogP contribution in [-0.2, 0) is 31.0 Å². The highest BCUT2D eigenvalue weighted by Gasteiger charge is 2.15. The number of aromatic amines is 1. The van der Waals surface area contributed by atoms with Crippen LogP contribution in [0.1, 0.15) is 28.1 Å². The van der Waals surface area contributed by atoms with Gasteiger partial charge in [0.05, 0.1) is 5.52 Å². The van der Waals surface area contributed by atoms with Crippen LogP contribution in [0.2, 0.25) is 0 Å². The van der Waals surface area contributed by atoms with Gasteiger partial charge in [0.25, 0.3) is 5.56 Å². The molecule has 0 saturated carbocycles. The summed E-state index contributed by atoms with van der Waals surface area (Å²) in [7, 11) is 0. The molecule has 39 heavy (non-hydrogen) atoms. The van der Waals surface area contributed by atoms with Crippen LogP contribution in [-0.4, -0.2) is 30.7 Å². The van der Waals surface area contributed by atoms with E-state index < -0.39 is 0 Å². The number of fused-ring (bicyclic) bond motifs is 1. The van der Waals surface area contributed by atoms with E-state index in [1.54, 1.807) is 13.1 Å². The molecule has 9 heteroatoms. The standard InChI is InChI=1S/C30H31N7O2/c1-21-16-32-29(35-36(18-23-9-5-3-6-10-23)19-24-11-7-4-8-12-24)30(39)37(21)20-28(38)31-17-25-13-14-26-22(2)33-34-27(26)15-25/h3-16H,17-20H2,1-2H3,(H,31,38)(H,32,35)(H,33,34). The molecule has 1 amide bonds. The summed E-state index contributed by atoms with van der Waals surface area (Å²) >= 11 is 0. The first-order valence-electron chi connectivity index (χ1n) is 12.8. The minimum Gasteiger partial charge on any atom is -0.350 e. The number of rotatable bonds is 10. The van der Waals surface area contributed by atoms with Gasteiger partial charge in [0.15, 0.2) is 0 Å². The molecule has 0 aliphatic carbocycles. The fraction of sp³-hybridized carbons (Fsp3) is 0.200. The van der Waals surface area contributed by atoms with Crippen LogP contribution in [0, 0.1) is 13.8 Å². The lowest BCUT2D eigenvalue weighted by atomic mass is 10.1. The fourth-order valence-electron chi connectivity index (χ4n) is 4.44. The molecule has 0 radical (unpaired) electrons. The topological polar surface area (TPSA) is 108 Å². The summed E-state index contributed by atoms with van der Waals surface area (Å²) in [6.07, 6.45) is 1.61. The van der Waals surface area contributed by atoms with Gasteiger partial charge in [-0.15, -0.1) is 0 Å². The second-order valence-electron chi connectivity index (χ2n) is 9.56. The Balaban J connectivity index is 1.29. The number of nitrogens with zero attached hydrogens (tertiary/aromatic N) is 4. The number of hydrazine groups is 1. The number of aryl methyl sites for hydroxylation is 2. The number of hydrogen-bond donors (Lipinski definition) is 3. The van der Waals surface area contributed by atoms with Crippen LogP contribution < -0.4 is 16.3 Å². The first kappa shape index (κ1) is 25.9. The summed E-state index contributed by atoms with van der Waals surface area (Å²) in [5, 5.41) is 13.2. The summed E-state index contributed by atoms with van der Waals surface area (Å²) in [5.41, 5.74) is 8.43. The molecular weight excluding hydrogens is 490 g/mol. The number of anilines is 1. The van der Waals surface area contributed by atoms with Crippen LogP contribution in [0.25, 0.3) is 10.9 Å². The van der Waals surface area contributed by atoms with Crippen LogP contribution >= 0.6 is 0 Å². The zero-order chi connectivity index (χ0) is 27.2. The molecule has 0 aliphatic heterocycles. The van der Waals surface area contributed by atoms with Crippen molar-refractivity contribution >= 4 is 22.6 Å². The van der Waals surface area contributed by atoms with Gasteiger partial charge >= 0.3 is 0 Å². The van der Waals surface area contributed by atoms with Gasteiger partial charge in [-0.05, 0) is 36.6 Å². The lowest BCUT2D eigenvalue weighted by molar-refractivity contribution is -0.121. The van der Waals surface area contributed by atoms with Crippen molar-refractivity contribution in [2.45, 2.75) is 40.0 Å². The van der Waals surface area contributed by atoms with Crippen LogP contribution in [0.5, 0.6) is 0 Å². The molecule has 9 nitrogen and oxygen atoms in total. The van der Waals surface area contributed by atoms with Gasteiger partial charge in [0.2, 0.25) is 11.7 Å². The summed E-state index contributed by atoms with van der Waals surface area (Å²) in [5.74, 6) is -0.0966. The maximum absolute atomic E-state index is 13.4. The van der Waals surface area contributed by atoms with Crippen molar-refractivity contribution < 1.29 is 4.79 Å². The van der Waals surface area contributed by atoms with E-state index in [1.807, 2.05) is 90.8 Å². The third-order valence-electron chi connectivity index (χ3n) is 6.55. The molecule has 0 fully saturated rings. The zero-order valence-electron chi connectivity index (χ0n) is 22.0. The summed E-state index contributed by atoms with van der Waals surface area (Å²) in [6.45, 7) is 5.09. The molecular formula is C30H31N7O2. The Hall–Kier alpha value is -4.76. The maximum atomic E-state index is 13.4. The normalized spacial score (nSPS) is 11.2. The van der Waals surface area contributed by atoms with Gasteiger partial charge < -0.3 is 5.32 Å². The predicted octanol–water partition coefficient (Wildman–Crippen LogP) is 4.08. The van der Waals surface area contributed by atoms with Gasteiger partial charge in [-0.25, -0.2) is 9.99 Å². The fourth-order valence-corrected chi connectivity index (χ4v) is 4.44. The molecule has 2 heterocycles. The number of H-pyrrole nitrogens is 1. The third-order valence-corrected chi connectivity index (χ3v) is 6.55. The molecule has 5 aromatic rings. The Labute approximate surface area is 226 Å². The van der Waals surface area contributed by atoms with Crippen molar-refractivity contribution in [2.24, 2.45) is 0 Å². The van der Waals surface area contributed by atoms with Gasteiger partial charge in [-0.3, -0.25) is 24.7 Å². The van der Waals surface area contributed by atoms with E-state index in [2.05, 4.69) is 25.9 Å². The highest BCUT2D eigenvalue weighted by atomic mass is 16.2. The molecule has 198 valence electrons. The summed E-state index contributed by atoms with van der Waals surface area (Å²) < 4.78 is 1.44. The lowest BCUT2D eigenvalue weighted by Crippen LogP contribution is -2.37. The van der Waals surface area contributed by atoms with E-state index >= 15 is 0 Å². The van der Waals surface area contributed by atoms with Gasteiger partial charge in [-0.1, -0.05) is 72.8 Å². The number of benzene rings is 3. The minimum atomic E-state index is -0.357. The number of amides is 1. The largest absolute Gasteiger partial charge is 0.350 e. The monoisotopic (exact) mass is 521 g/mol. The second-order valence-corrected chi connectivity index (χ2v) is 9.56. The van der Waals surface area contributed by atoms with Gasteiger partial charge in [0, 0.05) is 42.6 Å². The number of nitrogens with one attached hydrogen (secondary N) is 3. The Morgan fingerprint density at radius 3 is 2.26 bits per heavy atom. The van der Waals surface area contributed by atoms with E-state index in [-0.39, 0.29) is 23.8 Å². The highest BCUT2D eigenvalue weighted by molar-refractivity contribution is 5.82. The molecule has 2 aromatic heterocycles. The third kappa shape index (κ3) is 6.39. The average Bonchev–Trinajstić information content (AvgIpc) is 3.32. The van der Waals surface area contributed by atoms with E-state index in [0.29, 0.717) is 25.3 Å². The first-order valence-corrected chi connectivity index (χ1v) is 12.8.